The summed E-state index contributed by atoms with van der Waals surface area (Å²) in [5.41, 5.74) is -0.248. The molecule has 194 valence electrons. The fourth-order valence-electron chi connectivity index (χ4n) is 2.32. The number of methoxy groups -OCH3 is 2. The first-order valence-electron chi connectivity index (χ1n) is 10.3. The van der Waals surface area contributed by atoms with Crippen LogP contribution >= 0.6 is 11.8 Å². The van der Waals surface area contributed by atoms with E-state index in [1.54, 1.807) is 0 Å². The number of rotatable bonds is 17. The van der Waals surface area contributed by atoms with Crippen molar-refractivity contribution in [1.82, 2.24) is 5.32 Å². The Kier molecular flexibility index (Phi) is 15.3. The Morgan fingerprint density at radius 2 is 1.56 bits per heavy atom. The van der Waals surface area contributed by atoms with E-state index in [2.05, 4.69) is 5.32 Å². The van der Waals surface area contributed by atoms with Crippen molar-refractivity contribution in [2.45, 2.75) is 13.0 Å². The Labute approximate surface area is 200 Å². The van der Waals surface area contributed by atoms with Crippen LogP contribution in [0.25, 0.3) is 0 Å². The van der Waals surface area contributed by atoms with Crippen LogP contribution in [0.3, 0.4) is 0 Å². The van der Waals surface area contributed by atoms with E-state index in [0.29, 0.717) is 44.9 Å². The van der Waals surface area contributed by atoms with Crippen molar-refractivity contribution in [3.8, 4) is 5.75 Å². The Morgan fingerprint density at radius 3 is 2.21 bits per heavy atom. The van der Waals surface area contributed by atoms with Crippen LogP contribution in [0.4, 0.5) is 18.0 Å². The zero-order valence-electron chi connectivity index (χ0n) is 19.3. The molecule has 1 rings (SSSR count). The highest BCUT2D eigenvalue weighted by Gasteiger charge is 2.28. The number of thioether (sulfide) groups is 1. The second kappa shape index (κ2) is 17.4. The van der Waals surface area contributed by atoms with Gasteiger partial charge in [0, 0.05) is 25.7 Å². The number of nitrogens with one attached hydrogen (secondary N) is 1. The fourth-order valence-corrected chi connectivity index (χ4v) is 3.17. The maximum absolute atomic E-state index is 14.2. The Balaban J connectivity index is 2.71. The molecule has 0 fully saturated rings. The predicted molar refractivity (Wildman–Crippen MR) is 118 cm³/mol. The van der Waals surface area contributed by atoms with Gasteiger partial charge >= 0.3 is 12.1 Å². The van der Waals surface area contributed by atoms with Gasteiger partial charge in [0.2, 0.25) is 11.6 Å². The molecule has 0 aromatic heterocycles. The summed E-state index contributed by atoms with van der Waals surface area (Å²) in [4.78, 5) is 24.7. The van der Waals surface area contributed by atoms with Crippen LogP contribution in [0.2, 0.25) is 0 Å². The number of halogens is 3. The molecule has 0 aliphatic carbocycles. The lowest BCUT2D eigenvalue weighted by Crippen LogP contribution is -2.45. The largest absolute Gasteiger partial charge is 0.447 e. The second-order valence-corrected chi connectivity index (χ2v) is 7.82. The van der Waals surface area contributed by atoms with Gasteiger partial charge in [-0.15, -0.1) is 0 Å². The fraction of sp³-hybridized carbons (Fsp3) is 0.619. The molecule has 0 saturated heterocycles. The molecule has 1 aromatic rings. The van der Waals surface area contributed by atoms with Crippen molar-refractivity contribution < 1.29 is 51.2 Å². The van der Waals surface area contributed by atoms with Gasteiger partial charge < -0.3 is 33.7 Å². The van der Waals surface area contributed by atoms with Crippen molar-refractivity contribution >= 4 is 23.8 Å². The zero-order chi connectivity index (χ0) is 25.3. The first-order chi connectivity index (χ1) is 16.3. The smallest absolute Gasteiger partial charge is 0.407 e. The van der Waals surface area contributed by atoms with Gasteiger partial charge in [0.1, 0.15) is 12.6 Å². The highest BCUT2D eigenvalue weighted by Crippen LogP contribution is 2.27. The van der Waals surface area contributed by atoms with Crippen LogP contribution in [0.15, 0.2) is 6.07 Å². The number of carbonyl (C=O) groups is 2. The summed E-state index contributed by atoms with van der Waals surface area (Å²) >= 11 is 1.22. The maximum Gasteiger partial charge on any atom is 0.407 e. The topological polar surface area (TPSA) is 102 Å². The monoisotopic (exact) mass is 513 g/mol. The number of esters is 1. The lowest BCUT2D eigenvalue weighted by molar-refractivity contribution is -0.136. The lowest BCUT2D eigenvalue weighted by atomic mass is 10.2. The molecule has 9 nitrogen and oxygen atoms in total. The molecular weight excluding hydrogens is 483 g/mol. The Morgan fingerprint density at radius 1 is 0.941 bits per heavy atom. The van der Waals surface area contributed by atoms with Gasteiger partial charge in [-0.3, -0.25) is 0 Å². The zero-order valence-corrected chi connectivity index (χ0v) is 20.1. The number of aryl methyl sites for hydroxylation is 1. The van der Waals surface area contributed by atoms with Crippen LogP contribution in [0, 0.1) is 24.4 Å². The average Bonchev–Trinajstić information content (AvgIpc) is 2.81. The van der Waals surface area contributed by atoms with Gasteiger partial charge in [-0.05, 0) is 18.6 Å². The van der Waals surface area contributed by atoms with Crippen LogP contribution in [-0.2, 0) is 28.5 Å². The highest BCUT2D eigenvalue weighted by molar-refractivity contribution is 7.99. The summed E-state index contributed by atoms with van der Waals surface area (Å²) in [6.07, 6.45) is -0.967. The van der Waals surface area contributed by atoms with E-state index in [0.717, 1.165) is 0 Å². The standard InChI is InChI=1S/C21H30F3NO8S/c1-14-12-15(22)18(24)19(17(14)23)33-20(26)16(13-34-11-10-31-7-5-29-3)25-21(27)32-9-8-30-6-4-28-2/h12,16H,4-11,13H2,1-3H3,(H,25,27)/t16-/m0/s1. The van der Waals surface area contributed by atoms with Gasteiger partial charge in [-0.2, -0.15) is 16.2 Å². The van der Waals surface area contributed by atoms with Gasteiger partial charge in [-0.1, -0.05) is 0 Å². The van der Waals surface area contributed by atoms with Gasteiger partial charge in [0.25, 0.3) is 0 Å². The first-order valence-corrected chi connectivity index (χ1v) is 11.5. The summed E-state index contributed by atoms with van der Waals surface area (Å²) in [6.45, 7) is 3.01. The van der Waals surface area contributed by atoms with Crippen molar-refractivity contribution in [2.75, 3.05) is 72.0 Å². The molecule has 1 amide bonds. The summed E-state index contributed by atoms with van der Waals surface area (Å²) in [7, 11) is 3.05. The Bertz CT molecular complexity index is 746. The number of alkyl carbamates (subject to hydrolysis) is 1. The molecule has 1 N–H and O–H groups in total. The third-order valence-electron chi connectivity index (χ3n) is 4.06. The van der Waals surface area contributed by atoms with Gasteiger partial charge in [0.05, 0.1) is 39.6 Å². The molecule has 0 unspecified atom stereocenters. The number of benzene rings is 1. The van der Waals surface area contributed by atoms with Gasteiger partial charge in [0.15, 0.2) is 11.6 Å². The number of amides is 1. The molecule has 0 bridgehead atoms. The van der Waals surface area contributed by atoms with Crippen LogP contribution in [0.1, 0.15) is 5.56 Å². The molecule has 0 saturated carbocycles. The predicted octanol–water partition coefficient (Wildman–Crippen LogP) is 2.47. The SMILES string of the molecule is COCCOCCOC(=O)N[C@@H](CSCCOCCOC)C(=O)Oc1c(F)c(C)cc(F)c1F. The normalized spacial score (nSPS) is 11.8. The number of carbonyl (C=O) groups excluding carboxylic acids is 2. The molecule has 13 heteroatoms. The number of ether oxygens (including phenoxy) is 6. The molecule has 0 aliphatic heterocycles. The van der Waals surface area contributed by atoms with Crippen molar-refractivity contribution in [3.63, 3.8) is 0 Å². The van der Waals surface area contributed by atoms with E-state index in [1.165, 1.54) is 32.9 Å². The van der Waals surface area contributed by atoms with Crippen molar-refractivity contribution in [3.05, 3.63) is 29.1 Å². The minimum Gasteiger partial charge on any atom is -0.447 e. The summed E-state index contributed by atoms with van der Waals surface area (Å²) in [5.74, 6) is -6.19. The molecule has 34 heavy (non-hydrogen) atoms. The molecule has 0 aliphatic rings. The second-order valence-electron chi connectivity index (χ2n) is 6.67. The van der Waals surface area contributed by atoms with E-state index < -0.39 is 41.3 Å². The Hall–Kier alpha value is -2.06. The van der Waals surface area contributed by atoms with E-state index in [1.807, 2.05) is 0 Å². The highest BCUT2D eigenvalue weighted by atomic mass is 32.2. The third kappa shape index (κ3) is 11.4. The third-order valence-corrected chi connectivity index (χ3v) is 5.08. The van der Waals surface area contributed by atoms with E-state index in [-0.39, 0.29) is 24.5 Å². The molecule has 0 radical (unpaired) electrons. The lowest BCUT2D eigenvalue weighted by Gasteiger charge is -2.18. The summed E-state index contributed by atoms with van der Waals surface area (Å²) in [6, 6.07) is -0.697. The van der Waals surface area contributed by atoms with E-state index in [9.17, 15) is 22.8 Å². The summed E-state index contributed by atoms with van der Waals surface area (Å²) < 4.78 is 71.7. The van der Waals surface area contributed by atoms with Crippen LogP contribution < -0.4 is 10.1 Å². The first kappa shape index (κ1) is 30.0. The maximum atomic E-state index is 14.2. The van der Waals surface area contributed by atoms with Crippen molar-refractivity contribution in [2.24, 2.45) is 0 Å². The van der Waals surface area contributed by atoms with E-state index >= 15 is 0 Å². The van der Waals surface area contributed by atoms with Crippen molar-refractivity contribution in [1.29, 1.82) is 0 Å². The van der Waals surface area contributed by atoms with Crippen LogP contribution in [0.5, 0.6) is 5.75 Å². The number of hydrogen-bond donors (Lipinski definition) is 1. The molecule has 1 atom stereocenters. The molecular formula is C21H30F3NO8S. The minimum absolute atomic E-state index is 0.0244. The number of hydrogen-bond acceptors (Lipinski definition) is 9. The minimum atomic E-state index is -1.65. The van der Waals surface area contributed by atoms with E-state index in [4.69, 9.17) is 28.4 Å². The molecule has 0 heterocycles. The summed E-state index contributed by atoms with van der Waals surface area (Å²) in [5, 5.41) is 2.28. The molecule has 0 spiro atoms. The van der Waals surface area contributed by atoms with Crippen LogP contribution in [-0.4, -0.2) is 90.1 Å². The van der Waals surface area contributed by atoms with Gasteiger partial charge in [-0.25, -0.2) is 18.4 Å². The quantitative estimate of drug-likeness (QED) is 0.146. The average molecular weight is 514 g/mol. The molecule has 1 aromatic carbocycles.